The molecule has 0 saturated heterocycles. The molecule has 0 saturated carbocycles. The normalized spacial score (nSPS) is 12.5. The van der Waals surface area contributed by atoms with E-state index in [1.165, 1.54) is 0 Å². The van der Waals surface area contributed by atoms with Gasteiger partial charge in [0.05, 0.1) is 28.9 Å². The lowest BCUT2D eigenvalue weighted by molar-refractivity contribution is 0.0937. The summed E-state index contributed by atoms with van der Waals surface area (Å²) in [6.45, 7) is 5.64. The summed E-state index contributed by atoms with van der Waals surface area (Å²) in [5.41, 5.74) is 2.88. The molecule has 0 aliphatic rings. The molecule has 0 fully saturated rings. The average molecular weight is 298 g/mol. The van der Waals surface area contributed by atoms with E-state index >= 15 is 0 Å². The molecule has 6 nitrogen and oxygen atoms in total. The third-order valence-electron chi connectivity index (χ3n) is 3.66. The number of pyridine rings is 1. The topological polar surface area (TPSA) is 73.0 Å². The zero-order valence-electron chi connectivity index (χ0n) is 13.0. The van der Waals surface area contributed by atoms with Crippen molar-refractivity contribution in [2.45, 2.75) is 26.8 Å². The highest BCUT2D eigenvalue weighted by molar-refractivity contribution is 6.06. The van der Waals surface area contributed by atoms with E-state index in [4.69, 9.17) is 4.42 Å². The van der Waals surface area contributed by atoms with Crippen molar-refractivity contribution >= 4 is 16.9 Å². The second-order valence-corrected chi connectivity index (χ2v) is 5.43. The van der Waals surface area contributed by atoms with Gasteiger partial charge in [0.15, 0.2) is 5.65 Å². The Kier molecular flexibility index (Phi) is 3.44. The number of carbonyl (C=O) groups is 1. The van der Waals surface area contributed by atoms with E-state index in [0.29, 0.717) is 11.2 Å². The summed E-state index contributed by atoms with van der Waals surface area (Å²) in [7, 11) is 1.83. The molecule has 1 amide bonds. The monoisotopic (exact) mass is 298 g/mol. The lowest BCUT2D eigenvalue weighted by atomic mass is 10.1. The molecular weight excluding hydrogens is 280 g/mol. The minimum atomic E-state index is -0.206. The van der Waals surface area contributed by atoms with Gasteiger partial charge in [-0.25, -0.2) is 4.98 Å². The first-order valence-electron chi connectivity index (χ1n) is 7.12. The van der Waals surface area contributed by atoms with E-state index < -0.39 is 0 Å². The number of rotatable bonds is 3. The molecule has 1 N–H and O–H groups in total. The number of carbonyl (C=O) groups excluding carboxylic acids is 1. The standard InChI is InChI=1S/C16H18N4O2/c1-9-8-12(14-11(3)19-20(4)15(14)17-9)16(21)18-10(2)13-6-5-7-22-13/h5-8,10H,1-4H3,(H,18,21). The number of aromatic nitrogens is 3. The molecule has 0 spiro atoms. The van der Waals surface area contributed by atoms with Gasteiger partial charge in [-0.2, -0.15) is 5.10 Å². The Balaban J connectivity index is 2.00. The van der Waals surface area contributed by atoms with Gasteiger partial charge in [-0.15, -0.1) is 0 Å². The summed E-state index contributed by atoms with van der Waals surface area (Å²) in [5, 5.41) is 8.11. The van der Waals surface area contributed by atoms with E-state index in [-0.39, 0.29) is 11.9 Å². The van der Waals surface area contributed by atoms with Crippen LogP contribution in [0, 0.1) is 13.8 Å². The average Bonchev–Trinajstić information content (AvgIpc) is 3.08. The van der Waals surface area contributed by atoms with Gasteiger partial charge in [-0.05, 0) is 39.0 Å². The molecule has 114 valence electrons. The number of nitrogens with one attached hydrogen (secondary N) is 1. The van der Waals surface area contributed by atoms with Crippen LogP contribution in [0.15, 0.2) is 28.9 Å². The predicted octanol–water partition coefficient (Wildman–Crippen LogP) is 2.67. The fourth-order valence-electron chi connectivity index (χ4n) is 2.63. The number of nitrogens with zero attached hydrogens (tertiary/aromatic N) is 3. The predicted molar refractivity (Wildman–Crippen MR) is 82.6 cm³/mol. The van der Waals surface area contributed by atoms with Crippen molar-refractivity contribution in [3.8, 4) is 0 Å². The minimum absolute atomic E-state index is 0.157. The molecule has 3 aromatic heterocycles. The SMILES string of the molecule is Cc1cc(C(=O)NC(C)c2ccco2)c2c(C)nn(C)c2n1. The molecular formula is C16H18N4O2. The quantitative estimate of drug-likeness (QED) is 0.807. The summed E-state index contributed by atoms with van der Waals surface area (Å²) in [5.74, 6) is 0.564. The number of hydrogen-bond acceptors (Lipinski definition) is 4. The van der Waals surface area contributed by atoms with Gasteiger partial charge in [0, 0.05) is 12.7 Å². The fourth-order valence-corrected chi connectivity index (χ4v) is 2.63. The molecule has 3 aromatic rings. The third-order valence-corrected chi connectivity index (χ3v) is 3.66. The molecule has 3 rings (SSSR count). The number of aryl methyl sites for hydroxylation is 3. The maximum atomic E-state index is 12.7. The Morgan fingerprint density at radius 3 is 2.86 bits per heavy atom. The van der Waals surface area contributed by atoms with Crippen molar-refractivity contribution in [2.75, 3.05) is 0 Å². The Labute approximate surface area is 128 Å². The summed E-state index contributed by atoms with van der Waals surface area (Å²) in [6.07, 6.45) is 1.60. The van der Waals surface area contributed by atoms with Crippen LogP contribution in [0.1, 0.15) is 40.5 Å². The Morgan fingerprint density at radius 1 is 1.41 bits per heavy atom. The highest BCUT2D eigenvalue weighted by atomic mass is 16.3. The maximum Gasteiger partial charge on any atom is 0.252 e. The van der Waals surface area contributed by atoms with Crippen molar-refractivity contribution in [2.24, 2.45) is 7.05 Å². The lowest BCUT2D eigenvalue weighted by Crippen LogP contribution is -2.26. The first kappa shape index (κ1) is 14.3. The van der Waals surface area contributed by atoms with Gasteiger partial charge in [-0.1, -0.05) is 0 Å². The van der Waals surface area contributed by atoms with E-state index in [0.717, 1.165) is 22.5 Å². The molecule has 1 unspecified atom stereocenters. The van der Waals surface area contributed by atoms with Crippen molar-refractivity contribution in [3.05, 3.63) is 47.2 Å². The van der Waals surface area contributed by atoms with Crippen molar-refractivity contribution in [1.29, 1.82) is 0 Å². The second kappa shape index (κ2) is 5.29. The van der Waals surface area contributed by atoms with Crippen LogP contribution in [0.3, 0.4) is 0 Å². The van der Waals surface area contributed by atoms with Gasteiger partial charge < -0.3 is 9.73 Å². The van der Waals surface area contributed by atoms with E-state index in [1.54, 1.807) is 23.1 Å². The van der Waals surface area contributed by atoms with Crippen LogP contribution in [0.25, 0.3) is 11.0 Å². The molecule has 0 aliphatic carbocycles. The zero-order valence-corrected chi connectivity index (χ0v) is 13.0. The highest BCUT2D eigenvalue weighted by Crippen LogP contribution is 2.22. The number of fused-ring (bicyclic) bond motifs is 1. The van der Waals surface area contributed by atoms with E-state index in [9.17, 15) is 4.79 Å². The summed E-state index contributed by atoms with van der Waals surface area (Å²) < 4.78 is 7.03. The van der Waals surface area contributed by atoms with Gasteiger partial charge in [-0.3, -0.25) is 9.48 Å². The largest absolute Gasteiger partial charge is 0.467 e. The first-order chi connectivity index (χ1) is 10.5. The highest BCUT2D eigenvalue weighted by Gasteiger charge is 2.20. The van der Waals surface area contributed by atoms with Crippen LogP contribution in [0.4, 0.5) is 0 Å². The molecule has 0 aromatic carbocycles. The zero-order chi connectivity index (χ0) is 15.9. The molecule has 6 heteroatoms. The van der Waals surface area contributed by atoms with Gasteiger partial charge in [0.2, 0.25) is 0 Å². The minimum Gasteiger partial charge on any atom is -0.467 e. The molecule has 1 atom stereocenters. The second-order valence-electron chi connectivity index (χ2n) is 5.43. The Bertz CT molecular complexity index is 834. The molecule has 22 heavy (non-hydrogen) atoms. The van der Waals surface area contributed by atoms with Crippen LogP contribution < -0.4 is 5.32 Å². The smallest absolute Gasteiger partial charge is 0.252 e. The van der Waals surface area contributed by atoms with Crippen molar-refractivity contribution < 1.29 is 9.21 Å². The van der Waals surface area contributed by atoms with Crippen LogP contribution in [-0.2, 0) is 7.05 Å². The van der Waals surface area contributed by atoms with Crippen LogP contribution in [0.2, 0.25) is 0 Å². The van der Waals surface area contributed by atoms with Gasteiger partial charge >= 0.3 is 0 Å². The Morgan fingerprint density at radius 2 is 2.18 bits per heavy atom. The van der Waals surface area contributed by atoms with Crippen LogP contribution >= 0.6 is 0 Å². The van der Waals surface area contributed by atoms with Gasteiger partial charge in [0.25, 0.3) is 5.91 Å². The summed E-state index contributed by atoms with van der Waals surface area (Å²) >= 11 is 0. The van der Waals surface area contributed by atoms with Crippen molar-refractivity contribution in [3.63, 3.8) is 0 Å². The number of furan rings is 1. The van der Waals surface area contributed by atoms with Crippen molar-refractivity contribution in [1.82, 2.24) is 20.1 Å². The first-order valence-corrected chi connectivity index (χ1v) is 7.12. The van der Waals surface area contributed by atoms with Crippen LogP contribution in [0.5, 0.6) is 0 Å². The molecule has 0 bridgehead atoms. The third kappa shape index (κ3) is 2.36. The van der Waals surface area contributed by atoms with E-state index in [1.807, 2.05) is 33.9 Å². The molecule has 0 aliphatic heterocycles. The Hall–Kier alpha value is -2.63. The summed E-state index contributed by atoms with van der Waals surface area (Å²) in [4.78, 5) is 17.1. The number of hydrogen-bond donors (Lipinski definition) is 1. The molecule has 3 heterocycles. The van der Waals surface area contributed by atoms with Gasteiger partial charge in [0.1, 0.15) is 5.76 Å². The summed E-state index contributed by atoms with van der Waals surface area (Å²) in [6, 6.07) is 5.23. The fraction of sp³-hybridized carbons (Fsp3) is 0.312. The van der Waals surface area contributed by atoms with E-state index in [2.05, 4.69) is 15.4 Å². The lowest BCUT2D eigenvalue weighted by Gasteiger charge is -2.12. The van der Waals surface area contributed by atoms with Crippen LogP contribution in [-0.4, -0.2) is 20.7 Å². The number of amides is 1. The molecule has 0 radical (unpaired) electrons. The maximum absolute atomic E-state index is 12.7.